The van der Waals surface area contributed by atoms with Crippen molar-refractivity contribution >= 4 is 5.91 Å². The van der Waals surface area contributed by atoms with Gasteiger partial charge in [-0.15, -0.1) is 0 Å². The molecule has 3 rings (SSSR count). The fourth-order valence-corrected chi connectivity index (χ4v) is 3.15. The van der Waals surface area contributed by atoms with Gasteiger partial charge in [-0.25, -0.2) is 4.98 Å². The van der Waals surface area contributed by atoms with Gasteiger partial charge in [0.1, 0.15) is 23.8 Å². The van der Waals surface area contributed by atoms with Crippen molar-refractivity contribution in [2.24, 2.45) is 0 Å². The molecule has 3 heterocycles. The molecule has 0 aliphatic carbocycles. The molecule has 0 saturated carbocycles. The molecule has 2 aromatic heterocycles. The Labute approximate surface area is 141 Å². The summed E-state index contributed by atoms with van der Waals surface area (Å²) in [6.45, 7) is 6.76. The lowest BCUT2D eigenvalue weighted by Gasteiger charge is -2.23. The van der Waals surface area contributed by atoms with Crippen molar-refractivity contribution in [2.75, 3.05) is 13.7 Å². The Hall–Kier alpha value is -2.21. The van der Waals surface area contributed by atoms with Crippen molar-refractivity contribution in [2.45, 2.75) is 46.3 Å². The number of hydrogen-bond donors (Lipinski definition) is 0. The summed E-state index contributed by atoms with van der Waals surface area (Å²) in [4.78, 5) is 23.8. The maximum Gasteiger partial charge on any atom is 0.274 e. The highest BCUT2D eigenvalue weighted by Crippen LogP contribution is 2.34. The van der Waals surface area contributed by atoms with Crippen LogP contribution >= 0.6 is 0 Å². The number of likely N-dealkylation sites (tertiary alicyclic amines) is 1. The first-order valence-electron chi connectivity index (χ1n) is 8.21. The molecule has 1 aliphatic rings. The van der Waals surface area contributed by atoms with E-state index in [4.69, 9.17) is 9.15 Å². The summed E-state index contributed by atoms with van der Waals surface area (Å²) in [7, 11) is 1.63. The van der Waals surface area contributed by atoms with E-state index in [-0.39, 0.29) is 11.9 Å². The zero-order chi connectivity index (χ0) is 17.3. The maximum absolute atomic E-state index is 13.0. The van der Waals surface area contributed by atoms with E-state index in [9.17, 15) is 4.79 Å². The molecule has 24 heavy (non-hydrogen) atoms. The van der Waals surface area contributed by atoms with Crippen LogP contribution in [0.1, 0.15) is 58.0 Å². The van der Waals surface area contributed by atoms with Crippen LogP contribution in [0.4, 0.5) is 0 Å². The van der Waals surface area contributed by atoms with E-state index >= 15 is 0 Å². The molecule has 1 fully saturated rings. The van der Waals surface area contributed by atoms with Gasteiger partial charge in [0.2, 0.25) is 0 Å². The van der Waals surface area contributed by atoms with Crippen LogP contribution in [0, 0.1) is 20.8 Å². The second kappa shape index (κ2) is 6.73. The van der Waals surface area contributed by atoms with Crippen molar-refractivity contribution < 1.29 is 13.9 Å². The highest BCUT2D eigenvalue weighted by molar-refractivity contribution is 5.93. The number of nitrogens with zero attached hydrogens (tertiary/aromatic N) is 3. The molecule has 1 aliphatic heterocycles. The summed E-state index contributed by atoms with van der Waals surface area (Å²) in [5.74, 6) is 1.51. The minimum atomic E-state index is -0.0738. The Balaban J connectivity index is 1.87. The number of aryl methyl sites for hydroxylation is 3. The Morgan fingerprint density at radius 1 is 1.25 bits per heavy atom. The van der Waals surface area contributed by atoms with Gasteiger partial charge in [-0.05, 0) is 45.7 Å². The number of amides is 1. The average Bonchev–Trinajstić information content (AvgIpc) is 3.19. The molecule has 128 valence electrons. The zero-order valence-electron chi connectivity index (χ0n) is 14.6. The van der Waals surface area contributed by atoms with Crippen molar-refractivity contribution in [3.63, 3.8) is 0 Å². The third kappa shape index (κ3) is 3.06. The van der Waals surface area contributed by atoms with E-state index in [1.54, 1.807) is 7.11 Å². The average molecular weight is 329 g/mol. The smallest absolute Gasteiger partial charge is 0.274 e. The van der Waals surface area contributed by atoms with Crippen molar-refractivity contribution in [1.29, 1.82) is 0 Å². The number of hydrogen-bond acceptors (Lipinski definition) is 5. The number of ether oxygens (including phenoxy) is 1. The van der Waals surface area contributed by atoms with Crippen molar-refractivity contribution in [1.82, 2.24) is 14.9 Å². The van der Waals surface area contributed by atoms with Crippen LogP contribution in [0.5, 0.6) is 0 Å². The van der Waals surface area contributed by atoms with Gasteiger partial charge in [0.05, 0.1) is 23.1 Å². The van der Waals surface area contributed by atoms with E-state index < -0.39 is 0 Å². The van der Waals surface area contributed by atoms with E-state index in [1.165, 1.54) is 0 Å². The van der Waals surface area contributed by atoms with Crippen LogP contribution in [0.3, 0.4) is 0 Å². The molecule has 2 aromatic rings. The van der Waals surface area contributed by atoms with Gasteiger partial charge in [0, 0.05) is 13.7 Å². The predicted molar refractivity (Wildman–Crippen MR) is 88.7 cm³/mol. The van der Waals surface area contributed by atoms with Gasteiger partial charge in [0.15, 0.2) is 0 Å². The standard InChI is InChI=1S/C18H23N3O3/c1-11-12(2)20-17(13(3)19-11)18(22)21-9-5-6-15(21)16-8-7-14(24-16)10-23-4/h7-8,15H,5-6,9-10H2,1-4H3. The number of carbonyl (C=O) groups is 1. The molecule has 6 nitrogen and oxygen atoms in total. The van der Waals surface area contributed by atoms with E-state index in [2.05, 4.69) is 9.97 Å². The molecule has 6 heteroatoms. The SMILES string of the molecule is COCc1ccc(C2CCCN2C(=O)c2nc(C)c(C)nc2C)o1. The second-order valence-corrected chi connectivity index (χ2v) is 6.22. The number of carbonyl (C=O) groups excluding carboxylic acids is 1. The molecule has 1 unspecified atom stereocenters. The summed E-state index contributed by atoms with van der Waals surface area (Å²) in [5.41, 5.74) is 2.76. The first-order valence-corrected chi connectivity index (χ1v) is 8.21. The Morgan fingerprint density at radius 2 is 2.00 bits per heavy atom. The third-order valence-electron chi connectivity index (χ3n) is 4.49. The van der Waals surface area contributed by atoms with Gasteiger partial charge in [-0.2, -0.15) is 0 Å². The minimum absolute atomic E-state index is 0.0501. The molecular formula is C18H23N3O3. The Morgan fingerprint density at radius 3 is 2.75 bits per heavy atom. The molecule has 0 N–H and O–H groups in total. The molecule has 1 saturated heterocycles. The lowest BCUT2D eigenvalue weighted by atomic mass is 10.1. The largest absolute Gasteiger partial charge is 0.461 e. The van der Waals surface area contributed by atoms with Crippen molar-refractivity contribution in [3.8, 4) is 0 Å². The second-order valence-electron chi connectivity index (χ2n) is 6.22. The van der Waals surface area contributed by atoms with Gasteiger partial charge in [0.25, 0.3) is 5.91 Å². The fourth-order valence-electron chi connectivity index (χ4n) is 3.15. The molecule has 0 bridgehead atoms. The quantitative estimate of drug-likeness (QED) is 0.862. The van der Waals surface area contributed by atoms with E-state index in [0.717, 1.165) is 35.7 Å². The molecule has 0 spiro atoms. The lowest BCUT2D eigenvalue weighted by molar-refractivity contribution is 0.0708. The molecule has 0 radical (unpaired) electrons. The predicted octanol–water partition coefficient (Wildman–Crippen LogP) is 3.12. The molecule has 1 atom stereocenters. The van der Waals surface area contributed by atoms with Gasteiger partial charge >= 0.3 is 0 Å². The zero-order valence-corrected chi connectivity index (χ0v) is 14.6. The Bertz CT molecular complexity index is 754. The normalized spacial score (nSPS) is 17.5. The lowest BCUT2D eigenvalue weighted by Crippen LogP contribution is -2.32. The van der Waals surface area contributed by atoms with Crippen LogP contribution < -0.4 is 0 Å². The number of aromatic nitrogens is 2. The molecule has 0 aromatic carbocycles. The molecule has 1 amide bonds. The highest BCUT2D eigenvalue weighted by atomic mass is 16.5. The van der Waals surface area contributed by atoms with Crippen LogP contribution in [-0.4, -0.2) is 34.4 Å². The number of rotatable bonds is 4. The first-order chi connectivity index (χ1) is 11.5. The fraction of sp³-hybridized carbons (Fsp3) is 0.500. The van der Waals surface area contributed by atoms with Crippen LogP contribution in [-0.2, 0) is 11.3 Å². The number of methoxy groups -OCH3 is 1. The number of furan rings is 1. The monoisotopic (exact) mass is 329 g/mol. The van der Waals surface area contributed by atoms with Gasteiger partial charge in [-0.1, -0.05) is 0 Å². The summed E-state index contributed by atoms with van der Waals surface area (Å²) < 4.78 is 10.9. The summed E-state index contributed by atoms with van der Waals surface area (Å²) in [6, 6.07) is 3.79. The van der Waals surface area contributed by atoms with Crippen LogP contribution in [0.25, 0.3) is 0 Å². The van der Waals surface area contributed by atoms with Crippen LogP contribution in [0.15, 0.2) is 16.5 Å². The Kier molecular flexibility index (Phi) is 4.66. The van der Waals surface area contributed by atoms with Crippen molar-refractivity contribution in [3.05, 3.63) is 46.4 Å². The van der Waals surface area contributed by atoms with Gasteiger partial charge < -0.3 is 14.1 Å². The van der Waals surface area contributed by atoms with E-state index in [1.807, 2.05) is 37.8 Å². The highest BCUT2D eigenvalue weighted by Gasteiger charge is 2.34. The van der Waals surface area contributed by atoms with Gasteiger partial charge in [-0.3, -0.25) is 9.78 Å². The molecular weight excluding hydrogens is 306 g/mol. The summed E-state index contributed by atoms with van der Waals surface area (Å²) >= 11 is 0. The van der Waals surface area contributed by atoms with E-state index in [0.29, 0.717) is 24.5 Å². The summed E-state index contributed by atoms with van der Waals surface area (Å²) in [6.07, 6.45) is 1.84. The maximum atomic E-state index is 13.0. The first kappa shape index (κ1) is 16.6. The third-order valence-corrected chi connectivity index (χ3v) is 4.49. The van der Waals surface area contributed by atoms with Crippen LogP contribution in [0.2, 0.25) is 0 Å². The topological polar surface area (TPSA) is 68.5 Å². The summed E-state index contributed by atoms with van der Waals surface area (Å²) in [5, 5.41) is 0. The minimum Gasteiger partial charge on any atom is -0.461 e.